The van der Waals surface area contributed by atoms with Crippen LogP contribution in [-0.2, 0) is 9.59 Å². The van der Waals surface area contributed by atoms with Crippen LogP contribution in [0.25, 0.3) is 0 Å². The minimum Gasteiger partial charge on any atom is -0.480 e. The molecule has 0 aromatic carbocycles. The normalized spacial score (nSPS) is 18.1. The lowest BCUT2D eigenvalue weighted by molar-refractivity contribution is -0.167. The standard InChI is InChI=1S/C15H28N2O4/c1-3-4-10-16(11-14(18)19)17(12(2)15(20)21)13-8-6-5-7-9-13/h12-13H,3-11H2,1-2H3,(H,18,19)(H,20,21)/t12-/m0/s1. The highest BCUT2D eigenvalue weighted by Gasteiger charge is 2.34. The van der Waals surface area contributed by atoms with Crippen molar-refractivity contribution in [1.82, 2.24) is 10.0 Å². The zero-order valence-electron chi connectivity index (χ0n) is 13.1. The maximum Gasteiger partial charge on any atom is 0.322 e. The van der Waals surface area contributed by atoms with Gasteiger partial charge in [-0.05, 0) is 26.2 Å². The second kappa shape index (κ2) is 9.00. The smallest absolute Gasteiger partial charge is 0.322 e. The molecule has 2 N–H and O–H groups in total. The lowest BCUT2D eigenvalue weighted by Gasteiger charge is -2.43. The van der Waals surface area contributed by atoms with Crippen LogP contribution in [0, 0.1) is 0 Å². The first-order valence-electron chi connectivity index (χ1n) is 7.95. The van der Waals surface area contributed by atoms with E-state index in [1.807, 2.05) is 11.9 Å². The van der Waals surface area contributed by atoms with E-state index >= 15 is 0 Å². The minimum absolute atomic E-state index is 0.131. The number of aliphatic carboxylic acids is 2. The van der Waals surface area contributed by atoms with Crippen molar-refractivity contribution in [3.63, 3.8) is 0 Å². The summed E-state index contributed by atoms with van der Waals surface area (Å²) in [6.07, 6.45) is 7.06. The molecule has 6 nitrogen and oxygen atoms in total. The number of hydrogen-bond donors (Lipinski definition) is 2. The molecule has 122 valence electrons. The van der Waals surface area contributed by atoms with E-state index in [2.05, 4.69) is 0 Å². The first-order chi connectivity index (χ1) is 9.97. The molecule has 0 aromatic heterocycles. The highest BCUT2D eigenvalue weighted by Crippen LogP contribution is 2.26. The molecule has 1 fully saturated rings. The fourth-order valence-electron chi connectivity index (χ4n) is 3.02. The van der Waals surface area contributed by atoms with Crippen molar-refractivity contribution < 1.29 is 19.8 Å². The van der Waals surface area contributed by atoms with Gasteiger partial charge in [0.25, 0.3) is 0 Å². The van der Waals surface area contributed by atoms with Crippen LogP contribution in [0.15, 0.2) is 0 Å². The first-order valence-corrected chi connectivity index (χ1v) is 7.95. The van der Waals surface area contributed by atoms with Crippen LogP contribution in [0.2, 0.25) is 0 Å². The molecule has 0 aliphatic heterocycles. The Morgan fingerprint density at radius 3 is 2.29 bits per heavy atom. The van der Waals surface area contributed by atoms with Crippen molar-refractivity contribution >= 4 is 11.9 Å². The summed E-state index contributed by atoms with van der Waals surface area (Å²) in [6.45, 7) is 4.16. The Kier molecular flexibility index (Phi) is 7.67. The molecule has 0 bridgehead atoms. The minimum atomic E-state index is -0.912. The van der Waals surface area contributed by atoms with Gasteiger partial charge >= 0.3 is 11.9 Å². The van der Waals surface area contributed by atoms with Gasteiger partial charge in [0.15, 0.2) is 0 Å². The van der Waals surface area contributed by atoms with Gasteiger partial charge in [-0.25, -0.2) is 10.0 Å². The summed E-state index contributed by atoms with van der Waals surface area (Å²) in [7, 11) is 0. The molecule has 1 atom stereocenters. The number of carbonyl (C=O) groups is 2. The molecule has 0 spiro atoms. The second-order valence-electron chi connectivity index (χ2n) is 5.82. The van der Waals surface area contributed by atoms with Crippen molar-refractivity contribution in [3.8, 4) is 0 Å². The molecular weight excluding hydrogens is 272 g/mol. The lowest BCUT2D eigenvalue weighted by atomic mass is 9.94. The van der Waals surface area contributed by atoms with Crippen LogP contribution in [0.1, 0.15) is 58.8 Å². The van der Waals surface area contributed by atoms with Crippen molar-refractivity contribution in [2.24, 2.45) is 0 Å². The van der Waals surface area contributed by atoms with E-state index < -0.39 is 18.0 Å². The summed E-state index contributed by atoms with van der Waals surface area (Å²) >= 11 is 0. The van der Waals surface area contributed by atoms with Gasteiger partial charge < -0.3 is 10.2 Å². The monoisotopic (exact) mass is 300 g/mol. The molecule has 1 rings (SSSR count). The predicted molar refractivity (Wildman–Crippen MR) is 79.9 cm³/mol. The predicted octanol–water partition coefficient (Wildman–Crippen LogP) is 2.20. The Labute approximate surface area is 126 Å². The van der Waals surface area contributed by atoms with Crippen molar-refractivity contribution in [3.05, 3.63) is 0 Å². The molecule has 0 aromatic rings. The van der Waals surface area contributed by atoms with E-state index in [0.29, 0.717) is 6.54 Å². The van der Waals surface area contributed by atoms with Crippen molar-refractivity contribution in [2.75, 3.05) is 13.1 Å². The quantitative estimate of drug-likeness (QED) is 0.635. The number of nitrogens with zero attached hydrogens (tertiary/aromatic N) is 2. The Hall–Kier alpha value is -1.14. The molecule has 0 unspecified atom stereocenters. The molecule has 1 aliphatic rings. The molecule has 1 aliphatic carbocycles. The van der Waals surface area contributed by atoms with E-state index in [9.17, 15) is 14.7 Å². The number of hydrazine groups is 1. The third kappa shape index (κ3) is 5.63. The first kappa shape index (κ1) is 17.9. The van der Waals surface area contributed by atoms with Crippen LogP contribution >= 0.6 is 0 Å². The van der Waals surface area contributed by atoms with Crippen LogP contribution in [0.3, 0.4) is 0 Å². The second-order valence-corrected chi connectivity index (χ2v) is 5.82. The Morgan fingerprint density at radius 1 is 1.19 bits per heavy atom. The summed E-state index contributed by atoms with van der Waals surface area (Å²) in [4.78, 5) is 22.6. The summed E-state index contributed by atoms with van der Waals surface area (Å²) < 4.78 is 0. The maximum atomic E-state index is 11.4. The SMILES string of the molecule is CCCCN(CC(=O)O)N(C1CCCCC1)[C@@H](C)C(=O)O. The third-order valence-corrected chi connectivity index (χ3v) is 4.12. The van der Waals surface area contributed by atoms with Crippen molar-refractivity contribution in [1.29, 1.82) is 0 Å². The van der Waals surface area contributed by atoms with Gasteiger partial charge in [-0.2, -0.15) is 0 Å². The zero-order chi connectivity index (χ0) is 15.8. The van der Waals surface area contributed by atoms with Gasteiger partial charge in [0.2, 0.25) is 0 Å². The highest BCUT2D eigenvalue weighted by molar-refractivity contribution is 5.73. The molecule has 1 saturated carbocycles. The topological polar surface area (TPSA) is 81.1 Å². The average Bonchev–Trinajstić information content (AvgIpc) is 2.45. The fraction of sp³-hybridized carbons (Fsp3) is 0.867. The molecule has 0 saturated heterocycles. The van der Waals surface area contributed by atoms with Gasteiger partial charge in [0, 0.05) is 12.6 Å². The van der Waals surface area contributed by atoms with Gasteiger partial charge in [0.05, 0.1) is 0 Å². The van der Waals surface area contributed by atoms with Crippen molar-refractivity contribution in [2.45, 2.75) is 70.9 Å². The number of carboxylic acid groups (broad SMARTS) is 2. The van der Waals surface area contributed by atoms with Crippen LogP contribution < -0.4 is 0 Å². The van der Waals surface area contributed by atoms with E-state index in [0.717, 1.165) is 38.5 Å². The van der Waals surface area contributed by atoms with Gasteiger partial charge in [0.1, 0.15) is 12.6 Å². The summed E-state index contributed by atoms with van der Waals surface area (Å²) in [6, 6.07) is -0.551. The summed E-state index contributed by atoms with van der Waals surface area (Å²) in [5, 5.41) is 22.1. The van der Waals surface area contributed by atoms with Crippen LogP contribution in [0.4, 0.5) is 0 Å². The lowest BCUT2D eigenvalue weighted by Crippen LogP contribution is -2.57. The third-order valence-electron chi connectivity index (χ3n) is 4.12. The molecule has 0 amide bonds. The van der Waals surface area contributed by atoms with Gasteiger partial charge in [-0.1, -0.05) is 32.6 Å². The zero-order valence-corrected chi connectivity index (χ0v) is 13.1. The Balaban J connectivity index is 2.91. The Bertz CT molecular complexity index is 343. The molecule has 21 heavy (non-hydrogen) atoms. The van der Waals surface area contributed by atoms with Crippen LogP contribution in [-0.4, -0.2) is 57.3 Å². The summed E-state index contributed by atoms with van der Waals surface area (Å²) in [5.74, 6) is -1.81. The van der Waals surface area contributed by atoms with Crippen LogP contribution in [0.5, 0.6) is 0 Å². The van der Waals surface area contributed by atoms with E-state index in [4.69, 9.17) is 5.11 Å². The number of hydrogen-bond acceptors (Lipinski definition) is 4. The molecule has 0 radical (unpaired) electrons. The molecule has 6 heteroatoms. The maximum absolute atomic E-state index is 11.4. The summed E-state index contributed by atoms with van der Waals surface area (Å²) in [5.41, 5.74) is 0. The molecular formula is C15H28N2O4. The Morgan fingerprint density at radius 2 is 1.81 bits per heavy atom. The van der Waals surface area contributed by atoms with E-state index in [1.165, 1.54) is 6.42 Å². The van der Waals surface area contributed by atoms with E-state index in [-0.39, 0.29) is 12.6 Å². The number of carboxylic acids is 2. The van der Waals surface area contributed by atoms with E-state index in [1.54, 1.807) is 11.9 Å². The molecule has 0 heterocycles. The fourth-order valence-corrected chi connectivity index (χ4v) is 3.02. The largest absolute Gasteiger partial charge is 0.480 e. The number of unbranched alkanes of at least 4 members (excludes halogenated alkanes) is 1. The van der Waals surface area contributed by atoms with Gasteiger partial charge in [-0.15, -0.1) is 0 Å². The highest BCUT2D eigenvalue weighted by atomic mass is 16.4. The number of rotatable bonds is 9. The average molecular weight is 300 g/mol. The van der Waals surface area contributed by atoms with Gasteiger partial charge in [-0.3, -0.25) is 9.59 Å².